The zero-order valence-electron chi connectivity index (χ0n) is 11.0. The molecule has 2 atom stereocenters. The van der Waals surface area contributed by atoms with Gasteiger partial charge in [-0.1, -0.05) is 36.9 Å². The van der Waals surface area contributed by atoms with Crippen LogP contribution in [0, 0.1) is 5.92 Å². The third kappa shape index (κ3) is 2.99. The van der Waals surface area contributed by atoms with Crippen LogP contribution in [-0.4, -0.2) is 23.8 Å². The van der Waals surface area contributed by atoms with Crippen molar-refractivity contribution in [1.82, 2.24) is 5.32 Å². The summed E-state index contributed by atoms with van der Waals surface area (Å²) in [6.45, 7) is 3.55. The molecule has 5 heteroatoms. The number of hydrogen-bond donors (Lipinski definition) is 2. The van der Waals surface area contributed by atoms with Crippen molar-refractivity contribution in [2.24, 2.45) is 5.92 Å². The van der Waals surface area contributed by atoms with Crippen LogP contribution in [0.5, 0.6) is 0 Å². The summed E-state index contributed by atoms with van der Waals surface area (Å²) in [6, 6.07) is 7.00. The van der Waals surface area contributed by atoms with E-state index < -0.39 is 24.0 Å². The second kappa shape index (κ2) is 6.23. The highest BCUT2D eigenvalue weighted by molar-refractivity contribution is 5.75. The molecule has 0 radical (unpaired) electrons. The van der Waals surface area contributed by atoms with E-state index in [1.165, 1.54) is 6.08 Å². The number of carboxylic acid groups (broad SMARTS) is 1. The van der Waals surface area contributed by atoms with Gasteiger partial charge < -0.3 is 15.2 Å². The number of aryl methyl sites for hydroxylation is 1. The van der Waals surface area contributed by atoms with Crippen molar-refractivity contribution in [2.75, 3.05) is 6.61 Å². The Morgan fingerprint density at radius 3 is 2.90 bits per heavy atom. The van der Waals surface area contributed by atoms with Crippen molar-refractivity contribution in [3.8, 4) is 0 Å². The van der Waals surface area contributed by atoms with Gasteiger partial charge in [-0.2, -0.15) is 0 Å². The number of nitrogens with one attached hydrogen (secondary N) is 1. The number of benzene rings is 1. The van der Waals surface area contributed by atoms with E-state index in [1.54, 1.807) is 0 Å². The largest absolute Gasteiger partial charge is 0.481 e. The number of carbonyl (C=O) groups is 2. The van der Waals surface area contributed by atoms with Crippen molar-refractivity contribution in [3.05, 3.63) is 48.0 Å². The molecule has 5 nitrogen and oxygen atoms in total. The highest BCUT2D eigenvalue weighted by Gasteiger charge is 2.35. The molecule has 20 heavy (non-hydrogen) atoms. The zero-order valence-corrected chi connectivity index (χ0v) is 11.0. The minimum atomic E-state index is -0.909. The van der Waals surface area contributed by atoms with Crippen LogP contribution in [-0.2, 0) is 16.0 Å². The van der Waals surface area contributed by atoms with Crippen LogP contribution in [0.1, 0.15) is 23.6 Å². The molecule has 0 aliphatic heterocycles. The second-order valence-electron chi connectivity index (χ2n) is 4.69. The Hall–Kier alpha value is -2.30. The van der Waals surface area contributed by atoms with E-state index in [1.807, 2.05) is 24.3 Å². The third-order valence-corrected chi connectivity index (χ3v) is 3.44. The topological polar surface area (TPSA) is 75.6 Å². The molecular weight excluding hydrogens is 258 g/mol. The molecule has 0 spiro atoms. The van der Waals surface area contributed by atoms with Gasteiger partial charge in [-0.05, 0) is 24.0 Å². The van der Waals surface area contributed by atoms with Crippen molar-refractivity contribution in [1.29, 1.82) is 0 Å². The molecule has 1 aromatic rings. The van der Waals surface area contributed by atoms with Gasteiger partial charge in [0.15, 0.2) is 0 Å². The van der Waals surface area contributed by atoms with Gasteiger partial charge in [0.05, 0.1) is 12.0 Å². The Morgan fingerprint density at radius 2 is 2.20 bits per heavy atom. The molecule has 2 N–H and O–H groups in total. The lowest BCUT2D eigenvalue weighted by Crippen LogP contribution is -2.39. The first-order valence-corrected chi connectivity index (χ1v) is 6.48. The fourth-order valence-electron chi connectivity index (χ4n) is 2.51. The summed E-state index contributed by atoms with van der Waals surface area (Å²) in [5, 5.41) is 12.0. The maximum atomic E-state index is 11.7. The van der Waals surface area contributed by atoms with E-state index in [0.29, 0.717) is 12.8 Å². The van der Waals surface area contributed by atoms with Crippen LogP contribution in [0.4, 0.5) is 4.79 Å². The molecule has 0 unspecified atom stereocenters. The monoisotopic (exact) mass is 275 g/mol. The van der Waals surface area contributed by atoms with E-state index in [2.05, 4.69) is 11.9 Å². The van der Waals surface area contributed by atoms with Crippen LogP contribution in [0.15, 0.2) is 36.9 Å². The fraction of sp³-hybridized carbons (Fsp3) is 0.333. The number of amides is 1. The molecule has 0 heterocycles. The van der Waals surface area contributed by atoms with Crippen LogP contribution >= 0.6 is 0 Å². The van der Waals surface area contributed by atoms with Gasteiger partial charge in [-0.25, -0.2) is 4.79 Å². The van der Waals surface area contributed by atoms with Crippen LogP contribution in [0.2, 0.25) is 0 Å². The average molecular weight is 275 g/mol. The molecule has 0 aromatic heterocycles. The summed E-state index contributed by atoms with van der Waals surface area (Å²) in [7, 11) is 0. The van der Waals surface area contributed by atoms with E-state index in [4.69, 9.17) is 4.74 Å². The van der Waals surface area contributed by atoms with Crippen molar-refractivity contribution >= 4 is 12.1 Å². The Bertz CT molecular complexity index is 526. The highest BCUT2D eigenvalue weighted by atomic mass is 16.5. The lowest BCUT2D eigenvalue weighted by molar-refractivity contribution is -0.143. The minimum Gasteiger partial charge on any atom is -0.481 e. The van der Waals surface area contributed by atoms with Gasteiger partial charge in [0.2, 0.25) is 0 Å². The van der Waals surface area contributed by atoms with Crippen LogP contribution < -0.4 is 5.32 Å². The van der Waals surface area contributed by atoms with E-state index in [-0.39, 0.29) is 6.61 Å². The fourth-order valence-corrected chi connectivity index (χ4v) is 2.51. The van der Waals surface area contributed by atoms with Gasteiger partial charge in [0.1, 0.15) is 6.61 Å². The number of carbonyl (C=O) groups excluding carboxylic acids is 1. The smallest absolute Gasteiger partial charge is 0.407 e. The SMILES string of the molecule is C=CCOC(=O)N[C@H]1c2ccccc2CC[C@H]1C(=O)O. The number of rotatable bonds is 4. The molecule has 0 fully saturated rings. The zero-order chi connectivity index (χ0) is 14.5. The van der Waals surface area contributed by atoms with E-state index in [9.17, 15) is 14.7 Å². The van der Waals surface area contributed by atoms with E-state index >= 15 is 0 Å². The first kappa shape index (κ1) is 14.1. The van der Waals surface area contributed by atoms with Gasteiger partial charge in [0.25, 0.3) is 0 Å². The van der Waals surface area contributed by atoms with Crippen molar-refractivity contribution in [3.63, 3.8) is 0 Å². The summed E-state index contributed by atoms with van der Waals surface area (Å²) >= 11 is 0. The average Bonchev–Trinajstić information content (AvgIpc) is 2.45. The number of alkyl carbamates (subject to hydrolysis) is 1. The predicted octanol–water partition coefficient (Wildman–Crippen LogP) is 2.29. The third-order valence-electron chi connectivity index (χ3n) is 3.44. The number of hydrogen-bond acceptors (Lipinski definition) is 3. The maximum absolute atomic E-state index is 11.7. The molecule has 1 aliphatic rings. The van der Waals surface area contributed by atoms with E-state index in [0.717, 1.165) is 11.1 Å². The Labute approximate surface area is 117 Å². The highest BCUT2D eigenvalue weighted by Crippen LogP contribution is 2.34. The molecule has 2 rings (SSSR count). The second-order valence-corrected chi connectivity index (χ2v) is 4.69. The number of carboxylic acids is 1. The summed E-state index contributed by atoms with van der Waals surface area (Å²) in [5.41, 5.74) is 1.92. The number of aliphatic carboxylic acids is 1. The van der Waals surface area contributed by atoms with Crippen LogP contribution in [0.25, 0.3) is 0 Å². The molecule has 1 amide bonds. The number of ether oxygens (including phenoxy) is 1. The number of fused-ring (bicyclic) bond motifs is 1. The Morgan fingerprint density at radius 1 is 1.45 bits per heavy atom. The Kier molecular flexibility index (Phi) is 4.40. The first-order valence-electron chi connectivity index (χ1n) is 6.48. The van der Waals surface area contributed by atoms with Crippen molar-refractivity contribution < 1.29 is 19.4 Å². The summed E-state index contributed by atoms with van der Waals surface area (Å²) in [4.78, 5) is 23.0. The van der Waals surface area contributed by atoms with Crippen molar-refractivity contribution in [2.45, 2.75) is 18.9 Å². The molecule has 106 valence electrons. The standard InChI is InChI=1S/C15H17NO4/c1-2-9-20-15(19)16-13-11-6-4-3-5-10(11)7-8-12(13)14(17)18/h2-6,12-13H,1,7-9H2,(H,16,19)(H,17,18)/t12-,13+/m1/s1. The van der Waals surface area contributed by atoms with Gasteiger partial charge in [0, 0.05) is 0 Å². The first-order chi connectivity index (χ1) is 9.63. The summed E-state index contributed by atoms with van der Waals surface area (Å²) in [5.74, 6) is -1.55. The molecule has 0 saturated heterocycles. The lowest BCUT2D eigenvalue weighted by Gasteiger charge is -2.31. The summed E-state index contributed by atoms with van der Waals surface area (Å²) < 4.78 is 4.88. The molecular formula is C15H17NO4. The molecule has 1 aromatic carbocycles. The quantitative estimate of drug-likeness (QED) is 0.827. The lowest BCUT2D eigenvalue weighted by atomic mass is 9.80. The van der Waals surface area contributed by atoms with Gasteiger partial charge >= 0.3 is 12.1 Å². The Balaban J connectivity index is 2.22. The van der Waals surface area contributed by atoms with Gasteiger partial charge in [-0.15, -0.1) is 0 Å². The van der Waals surface area contributed by atoms with Gasteiger partial charge in [-0.3, -0.25) is 4.79 Å². The molecule has 0 saturated carbocycles. The minimum absolute atomic E-state index is 0.0952. The van der Waals surface area contributed by atoms with Crippen LogP contribution in [0.3, 0.4) is 0 Å². The molecule has 1 aliphatic carbocycles. The predicted molar refractivity (Wildman–Crippen MR) is 73.3 cm³/mol. The normalized spacial score (nSPS) is 20.6. The molecule has 0 bridgehead atoms. The maximum Gasteiger partial charge on any atom is 0.407 e. The summed E-state index contributed by atoms with van der Waals surface area (Å²) in [6.07, 6.45) is 2.03.